The Bertz CT molecular complexity index is 668. The Morgan fingerprint density at radius 3 is 2.65 bits per heavy atom. The lowest BCUT2D eigenvalue weighted by Crippen LogP contribution is -1.88. The highest BCUT2D eigenvalue weighted by atomic mass is 35.5. The summed E-state index contributed by atoms with van der Waals surface area (Å²) in [6.45, 7) is 2.07. The van der Waals surface area contributed by atoms with Crippen LogP contribution >= 0.6 is 11.6 Å². The van der Waals surface area contributed by atoms with E-state index < -0.39 is 0 Å². The average Bonchev–Trinajstić information content (AvgIpc) is 2.73. The van der Waals surface area contributed by atoms with Crippen molar-refractivity contribution in [3.05, 3.63) is 59.4 Å². The number of imidazole rings is 1. The molecule has 0 N–H and O–H groups in total. The lowest BCUT2D eigenvalue weighted by molar-refractivity contribution is 1.17. The van der Waals surface area contributed by atoms with E-state index in [0.29, 0.717) is 0 Å². The summed E-state index contributed by atoms with van der Waals surface area (Å²) in [5.74, 6) is 0. The summed E-state index contributed by atoms with van der Waals surface area (Å²) in [5.41, 5.74) is 4.38. The molecule has 2 nitrogen and oxygen atoms in total. The van der Waals surface area contributed by atoms with Crippen LogP contribution in [0.3, 0.4) is 0 Å². The molecule has 0 saturated heterocycles. The van der Waals surface area contributed by atoms with Crippen LogP contribution < -0.4 is 0 Å². The SMILES string of the molecule is Cc1ccn2c(-c3ccc(Cl)cc3)cnc2c1. The molecule has 1 aromatic carbocycles. The van der Waals surface area contributed by atoms with Crippen molar-refractivity contribution < 1.29 is 0 Å². The average molecular weight is 243 g/mol. The number of halogens is 1. The van der Waals surface area contributed by atoms with Gasteiger partial charge in [-0.2, -0.15) is 0 Å². The standard InChI is InChI=1S/C14H11ClN2/c1-10-6-7-17-13(9-16-14(17)8-10)11-2-4-12(15)5-3-11/h2-9H,1H3. The molecule has 0 amide bonds. The molecule has 0 atom stereocenters. The van der Waals surface area contributed by atoms with E-state index in [1.807, 2.05) is 36.7 Å². The molecule has 0 aliphatic heterocycles. The molecule has 3 aromatic rings. The number of rotatable bonds is 1. The van der Waals surface area contributed by atoms with E-state index in [9.17, 15) is 0 Å². The van der Waals surface area contributed by atoms with Gasteiger partial charge in [0.25, 0.3) is 0 Å². The molecule has 0 bridgehead atoms. The Kier molecular flexibility index (Phi) is 2.37. The fourth-order valence-electron chi connectivity index (χ4n) is 1.92. The zero-order valence-corrected chi connectivity index (χ0v) is 10.1. The maximum atomic E-state index is 5.89. The molecule has 0 spiro atoms. The summed E-state index contributed by atoms with van der Waals surface area (Å²) >= 11 is 5.89. The topological polar surface area (TPSA) is 17.3 Å². The molecule has 0 fully saturated rings. The monoisotopic (exact) mass is 242 g/mol. The first-order valence-electron chi connectivity index (χ1n) is 5.44. The van der Waals surface area contributed by atoms with Crippen molar-refractivity contribution in [1.82, 2.24) is 9.38 Å². The van der Waals surface area contributed by atoms with Crippen molar-refractivity contribution in [3.63, 3.8) is 0 Å². The van der Waals surface area contributed by atoms with Gasteiger partial charge in [0.15, 0.2) is 0 Å². The van der Waals surface area contributed by atoms with Gasteiger partial charge in [-0.25, -0.2) is 4.98 Å². The van der Waals surface area contributed by atoms with Crippen molar-refractivity contribution in [2.75, 3.05) is 0 Å². The summed E-state index contributed by atoms with van der Waals surface area (Å²) in [6.07, 6.45) is 3.93. The molecular weight excluding hydrogens is 232 g/mol. The minimum atomic E-state index is 0.749. The van der Waals surface area contributed by atoms with Crippen LogP contribution in [0.25, 0.3) is 16.9 Å². The van der Waals surface area contributed by atoms with E-state index >= 15 is 0 Å². The van der Waals surface area contributed by atoms with E-state index in [1.165, 1.54) is 5.56 Å². The van der Waals surface area contributed by atoms with Crippen LogP contribution in [-0.2, 0) is 0 Å². The fourth-order valence-corrected chi connectivity index (χ4v) is 2.04. The summed E-state index contributed by atoms with van der Waals surface area (Å²) in [4.78, 5) is 4.41. The van der Waals surface area contributed by atoms with Crippen molar-refractivity contribution in [2.45, 2.75) is 6.92 Å². The normalized spacial score (nSPS) is 10.9. The van der Waals surface area contributed by atoms with Crippen LogP contribution in [0.2, 0.25) is 5.02 Å². The highest BCUT2D eigenvalue weighted by molar-refractivity contribution is 6.30. The first-order valence-corrected chi connectivity index (χ1v) is 5.81. The molecule has 17 heavy (non-hydrogen) atoms. The van der Waals surface area contributed by atoms with Gasteiger partial charge >= 0.3 is 0 Å². The number of nitrogens with zero attached hydrogens (tertiary/aromatic N) is 2. The molecule has 2 heterocycles. The highest BCUT2D eigenvalue weighted by Gasteiger charge is 2.05. The molecule has 84 valence electrons. The molecule has 2 aromatic heterocycles. The number of fused-ring (bicyclic) bond motifs is 1. The van der Waals surface area contributed by atoms with Crippen LogP contribution in [0.5, 0.6) is 0 Å². The maximum Gasteiger partial charge on any atom is 0.137 e. The second kappa shape index (κ2) is 3.90. The second-order valence-electron chi connectivity index (χ2n) is 4.08. The largest absolute Gasteiger partial charge is 0.300 e. The van der Waals surface area contributed by atoms with Crippen LogP contribution in [0, 0.1) is 6.92 Å². The summed E-state index contributed by atoms with van der Waals surface area (Å²) < 4.78 is 2.08. The van der Waals surface area contributed by atoms with Crippen LogP contribution in [0.4, 0.5) is 0 Å². The second-order valence-corrected chi connectivity index (χ2v) is 4.52. The zero-order valence-electron chi connectivity index (χ0n) is 9.39. The third-order valence-corrected chi connectivity index (χ3v) is 3.06. The molecule has 0 aliphatic rings. The maximum absolute atomic E-state index is 5.89. The molecule has 3 heteroatoms. The molecule has 0 radical (unpaired) electrons. The Morgan fingerprint density at radius 1 is 1.12 bits per heavy atom. The number of aryl methyl sites for hydroxylation is 1. The van der Waals surface area contributed by atoms with Crippen molar-refractivity contribution in [2.24, 2.45) is 0 Å². The predicted octanol–water partition coefficient (Wildman–Crippen LogP) is 3.96. The van der Waals surface area contributed by atoms with E-state index in [-0.39, 0.29) is 0 Å². The van der Waals surface area contributed by atoms with E-state index in [1.54, 1.807) is 0 Å². The van der Waals surface area contributed by atoms with Gasteiger partial charge in [0, 0.05) is 16.8 Å². The lowest BCUT2D eigenvalue weighted by atomic mass is 10.2. The Morgan fingerprint density at radius 2 is 1.88 bits per heavy atom. The van der Waals surface area contributed by atoms with Crippen molar-refractivity contribution in [3.8, 4) is 11.3 Å². The van der Waals surface area contributed by atoms with Crippen molar-refractivity contribution >= 4 is 17.2 Å². The first-order chi connectivity index (χ1) is 8.24. The summed E-state index contributed by atoms with van der Waals surface area (Å²) in [6, 6.07) is 11.9. The van der Waals surface area contributed by atoms with E-state index in [4.69, 9.17) is 11.6 Å². The number of hydrogen-bond donors (Lipinski definition) is 0. The summed E-state index contributed by atoms with van der Waals surface area (Å²) in [7, 11) is 0. The van der Waals surface area contributed by atoms with Gasteiger partial charge in [-0.1, -0.05) is 23.7 Å². The van der Waals surface area contributed by atoms with Gasteiger partial charge in [0.05, 0.1) is 11.9 Å². The van der Waals surface area contributed by atoms with Gasteiger partial charge in [-0.3, -0.25) is 4.40 Å². The third-order valence-electron chi connectivity index (χ3n) is 2.81. The number of hydrogen-bond acceptors (Lipinski definition) is 1. The van der Waals surface area contributed by atoms with Crippen molar-refractivity contribution in [1.29, 1.82) is 0 Å². The van der Waals surface area contributed by atoms with E-state index in [2.05, 4.69) is 28.4 Å². The quantitative estimate of drug-likeness (QED) is 0.631. The fraction of sp³-hybridized carbons (Fsp3) is 0.0714. The van der Waals surface area contributed by atoms with Gasteiger partial charge in [-0.05, 0) is 36.8 Å². The van der Waals surface area contributed by atoms with Crippen LogP contribution in [-0.4, -0.2) is 9.38 Å². The minimum absolute atomic E-state index is 0.749. The summed E-state index contributed by atoms with van der Waals surface area (Å²) in [5, 5.41) is 0.749. The molecule has 0 unspecified atom stereocenters. The zero-order chi connectivity index (χ0) is 11.8. The van der Waals surface area contributed by atoms with E-state index in [0.717, 1.165) is 21.9 Å². The highest BCUT2D eigenvalue weighted by Crippen LogP contribution is 2.22. The lowest BCUT2D eigenvalue weighted by Gasteiger charge is -2.02. The number of pyridine rings is 1. The Balaban J connectivity index is 2.21. The molecule has 0 saturated carbocycles. The minimum Gasteiger partial charge on any atom is -0.300 e. The Hall–Kier alpha value is -1.80. The third kappa shape index (κ3) is 1.81. The number of aromatic nitrogens is 2. The smallest absolute Gasteiger partial charge is 0.137 e. The van der Waals surface area contributed by atoms with Crippen LogP contribution in [0.1, 0.15) is 5.56 Å². The van der Waals surface area contributed by atoms with Gasteiger partial charge < -0.3 is 0 Å². The van der Waals surface area contributed by atoms with Gasteiger partial charge in [0.1, 0.15) is 5.65 Å². The van der Waals surface area contributed by atoms with Gasteiger partial charge in [0.2, 0.25) is 0 Å². The Labute approximate surface area is 104 Å². The predicted molar refractivity (Wildman–Crippen MR) is 70.4 cm³/mol. The molecular formula is C14H11ClN2. The van der Waals surface area contributed by atoms with Gasteiger partial charge in [-0.15, -0.1) is 0 Å². The first kappa shape index (κ1) is 10.4. The molecule has 3 rings (SSSR count). The number of benzene rings is 1. The van der Waals surface area contributed by atoms with Crippen LogP contribution in [0.15, 0.2) is 48.8 Å². The molecule has 0 aliphatic carbocycles.